The van der Waals surface area contributed by atoms with E-state index in [1.807, 2.05) is 0 Å². The van der Waals surface area contributed by atoms with Gasteiger partial charge in [0.15, 0.2) is 0 Å². The van der Waals surface area contributed by atoms with Crippen LogP contribution in [0.4, 0.5) is 0 Å². The zero-order valence-corrected chi connectivity index (χ0v) is 24.8. The van der Waals surface area contributed by atoms with Crippen molar-refractivity contribution in [2.24, 2.45) is 0 Å². The van der Waals surface area contributed by atoms with Gasteiger partial charge in [0.05, 0.1) is 0 Å². The molecule has 0 unspecified atom stereocenters. The molecule has 0 radical (unpaired) electrons. The van der Waals surface area contributed by atoms with Gasteiger partial charge in [-0.2, -0.15) is 0 Å². The van der Waals surface area contributed by atoms with Crippen molar-refractivity contribution in [3.05, 3.63) is 0 Å². The Kier molecular flexibility index (Phi) is 32.1. The minimum absolute atomic E-state index is 0. The topological polar surface area (TPSA) is 0 Å². The molecule has 0 saturated heterocycles. The summed E-state index contributed by atoms with van der Waals surface area (Å²) in [6.45, 7) is 9.38. The standard InChI is InChI=1S/C27H58P2.Pd/c1-5-9-13-17-22-28(23-18-14-10-6-2)26-21-27-29(24-19-15-11-7-3)25-20-16-12-8-4;/h5-27H2,1-4H3;. The summed E-state index contributed by atoms with van der Waals surface area (Å²) in [5.41, 5.74) is 0. The number of hydrogen-bond donors (Lipinski definition) is 0. The summed E-state index contributed by atoms with van der Waals surface area (Å²) in [5, 5.41) is 0. The van der Waals surface area contributed by atoms with Gasteiger partial charge in [0.2, 0.25) is 0 Å². The molecule has 0 aromatic heterocycles. The van der Waals surface area contributed by atoms with Crippen LogP contribution in [0.5, 0.6) is 0 Å². The molecule has 0 bridgehead atoms. The molecule has 0 saturated carbocycles. The molecule has 0 nitrogen and oxygen atoms in total. The predicted molar refractivity (Wildman–Crippen MR) is 144 cm³/mol. The van der Waals surface area contributed by atoms with Crippen LogP contribution < -0.4 is 0 Å². The molecule has 186 valence electrons. The van der Waals surface area contributed by atoms with E-state index in [9.17, 15) is 0 Å². The molecule has 0 N–H and O–H groups in total. The van der Waals surface area contributed by atoms with Crippen molar-refractivity contribution in [1.82, 2.24) is 0 Å². The molecule has 0 rings (SSSR count). The maximum absolute atomic E-state index is 2.34. The molecule has 0 aliphatic heterocycles. The van der Waals surface area contributed by atoms with E-state index in [0.717, 1.165) is 0 Å². The molecule has 30 heavy (non-hydrogen) atoms. The zero-order valence-electron chi connectivity index (χ0n) is 21.5. The Hall–Kier alpha value is 1.52. The van der Waals surface area contributed by atoms with Gasteiger partial charge in [0, 0.05) is 20.4 Å². The van der Waals surface area contributed by atoms with Crippen molar-refractivity contribution in [3.63, 3.8) is 0 Å². The van der Waals surface area contributed by atoms with Crippen molar-refractivity contribution in [1.29, 1.82) is 0 Å². The average molecular weight is 551 g/mol. The Balaban J connectivity index is 0. The largest absolute Gasteiger partial charge is 0.107 e. The molecule has 0 atom stereocenters. The minimum atomic E-state index is 0. The number of unbranched alkanes of at least 4 members (excludes halogenated alkanes) is 12. The first-order chi connectivity index (χ1) is 14.3. The first-order valence-electron chi connectivity index (χ1n) is 13.7. The third kappa shape index (κ3) is 24.2. The maximum Gasteiger partial charge on any atom is 0 e. The normalized spacial score (nSPS) is 11.4. The summed E-state index contributed by atoms with van der Waals surface area (Å²) in [5.74, 6) is 0. The third-order valence-electron chi connectivity index (χ3n) is 6.26. The summed E-state index contributed by atoms with van der Waals surface area (Å²) in [6, 6.07) is 0. The molecule has 0 amide bonds. The fourth-order valence-corrected chi connectivity index (χ4v) is 9.72. The Bertz CT molecular complexity index is 247. The maximum atomic E-state index is 2.34. The molecule has 0 aliphatic carbocycles. The molecular weight excluding hydrogens is 493 g/mol. The van der Waals surface area contributed by atoms with E-state index in [1.54, 1.807) is 43.4 Å². The van der Waals surface area contributed by atoms with E-state index < -0.39 is 0 Å². The smallest absolute Gasteiger partial charge is 0 e. The Morgan fingerprint density at radius 3 is 0.767 bits per heavy atom. The Labute approximate surface area is 209 Å². The average Bonchev–Trinajstić information content (AvgIpc) is 2.73. The van der Waals surface area contributed by atoms with Crippen LogP contribution in [0.3, 0.4) is 0 Å². The summed E-state index contributed by atoms with van der Waals surface area (Å²) in [4.78, 5) is 0. The van der Waals surface area contributed by atoms with E-state index >= 15 is 0 Å². The van der Waals surface area contributed by atoms with E-state index in [1.165, 1.54) is 103 Å². The van der Waals surface area contributed by atoms with Crippen LogP contribution >= 0.6 is 15.8 Å². The molecule has 0 aromatic rings. The van der Waals surface area contributed by atoms with Crippen LogP contribution in [0.2, 0.25) is 0 Å². The first-order valence-corrected chi connectivity index (χ1v) is 17.5. The Morgan fingerprint density at radius 1 is 0.300 bits per heavy atom. The molecular formula is C27H58P2Pd. The second-order valence-electron chi connectivity index (χ2n) is 9.28. The van der Waals surface area contributed by atoms with Crippen LogP contribution in [0.1, 0.15) is 137 Å². The van der Waals surface area contributed by atoms with Crippen LogP contribution in [0.25, 0.3) is 0 Å². The van der Waals surface area contributed by atoms with Crippen LogP contribution in [0, 0.1) is 0 Å². The SMILES string of the molecule is CCCCCCP(CCCCCC)CCCP(CCCCCC)CCCCCC.[Pd]. The fraction of sp³-hybridized carbons (Fsp3) is 1.00. The van der Waals surface area contributed by atoms with Crippen molar-refractivity contribution < 1.29 is 20.4 Å². The van der Waals surface area contributed by atoms with E-state index in [2.05, 4.69) is 27.7 Å². The molecule has 0 spiro atoms. The van der Waals surface area contributed by atoms with E-state index in [4.69, 9.17) is 0 Å². The number of hydrogen-bond acceptors (Lipinski definition) is 0. The molecule has 3 heteroatoms. The monoisotopic (exact) mass is 550 g/mol. The molecule has 0 fully saturated rings. The zero-order chi connectivity index (χ0) is 21.4. The van der Waals surface area contributed by atoms with Crippen molar-refractivity contribution in [2.45, 2.75) is 137 Å². The first kappa shape index (κ1) is 33.7. The van der Waals surface area contributed by atoms with Crippen LogP contribution in [0.15, 0.2) is 0 Å². The van der Waals surface area contributed by atoms with Gasteiger partial charge in [0.1, 0.15) is 0 Å². The van der Waals surface area contributed by atoms with E-state index in [-0.39, 0.29) is 20.4 Å². The van der Waals surface area contributed by atoms with Crippen LogP contribution in [-0.2, 0) is 20.4 Å². The van der Waals surface area contributed by atoms with E-state index in [0.29, 0.717) is 15.8 Å². The van der Waals surface area contributed by atoms with Gasteiger partial charge in [-0.15, -0.1) is 15.8 Å². The second kappa shape index (κ2) is 28.6. The van der Waals surface area contributed by atoms with Gasteiger partial charge < -0.3 is 0 Å². The van der Waals surface area contributed by atoms with Gasteiger partial charge in [-0.25, -0.2) is 0 Å². The summed E-state index contributed by atoms with van der Waals surface area (Å²) < 4.78 is 0. The van der Waals surface area contributed by atoms with Gasteiger partial charge in [-0.3, -0.25) is 0 Å². The van der Waals surface area contributed by atoms with Gasteiger partial charge >= 0.3 is 0 Å². The Morgan fingerprint density at radius 2 is 0.533 bits per heavy atom. The van der Waals surface area contributed by atoms with Crippen molar-refractivity contribution in [3.8, 4) is 0 Å². The fourth-order valence-electron chi connectivity index (χ4n) is 4.24. The summed E-state index contributed by atoms with van der Waals surface area (Å²) in [6.07, 6.45) is 34.6. The number of rotatable bonds is 24. The van der Waals surface area contributed by atoms with Crippen LogP contribution in [-0.4, -0.2) is 37.0 Å². The van der Waals surface area contributed by atoms with Gasteiger partial charge in [-0.05, 0) is 69.1 Å². The van der Waals surface area contributed by atoms with Crippen molar-refractivity contribution in [2.75, 3.05) is 37.0 Å². The van der Waals surface area contributed by atoms with Crippen molar-refractivity contribution >= 4 is 15.8 Å². The molecule has 0 aliphatic rings. The van der Waals surface area contributed by atoms with Gasteiger partial charge in [-0.1, -0.05) is 105 Å². The summed E-state index contributed by atoms with van der Waals surface area (Å²) >= 11 is 0. The second-order valence-corrected chi connectivity index (χ2v) is 14.6. The third-order valence-corrected chi connectivity index (χ3v) is 12.0. The molecule has 0 aromatic carbocycles. The predicted octanol–water partition coefficient (Wildman–Crippen LogP) is 10.7. The minimum Gasteiger partial charge on any atom is -0.107 e. The quantitative estimate of drug-likeness (QED) is 0.0636. The summed E-state index contributed by atoms with van der Waals surface area (Å²) in [7, 11) is 0.697. The molecule has 0 heterocycles. The van der Waals surface area contributed by atoms with Gasteiger partial charge in [0.25, 0.3) is 0 Å².